The van der Waals surface area contributed by atoms with Crippen LogP contribution in [0.2, 0.25) is 0 Å². The number of aliphatic hydroxyl groups excluding tert-OH is 1. The van der Waals surface area contributed by atoms with Crippen molar-refractivity contribution in [1.82, 2.24) is 14.5 Å². The molecule has 3 heterocycles. The van der Waals surface area contributed by atoms with Gasteiger partial charge in [-0.2, -0.15) is 0 Å². The predicted molar refractivity (Wildman–Crippen MR) is 99.8 cm³/mol. The van der Waals surface area contributed by atoms with Gasteiger partial charge in [0.05, 0.1) is 11.8 Å². The van der Waals surface area contributed by atoms with Crippen molar-refractivity contribution in [2.24, 2.45) is 11.8 Å². The second-order valence-electron chi connectivity index (χ2n) is 7.63. The van der Waals surface area contributed by atoms with E-state index in [1.54, 1.807) is 13.0 Å². The average molecular weight is 403 g/mol. The van der Waals surface area contributed by atoms with Gasteiger partial charge < -0.3 is 24.2 Å². The fourth-order valence-corrected chi connectivity index (χ4v) is 5.00. The van der Waals surface area contributed by atoms with Crippen LogP contribution in [0.5, 0.6) is 17.2 Å². The zero-order valence-corrected chi connectivity index (χ0v) is 16.2. The van der Waals surface area contributed by atoms with Gasteiger partial charge in [0, 0.05) is 19.2 Å². The van der Waals surface area contributed by atoms with Crippen molar-refractivity contribution in [1.29, 1.82) is 0 Å². The molecule has 2 fully saturated rings. The first-order valence-electron chi connectivity index (χ1n) is 9.41. The van der Waals surface area contributed by atoms with Gasteiger partial charge in [0.1, 0.15) is 16.7 Å². The molecule has 0 bridgehead atoms. The number of hydrogen-bond donors (Lipinski definition) is 1. The van der Waals surface area contributed by atoms with E-state index in [-0.39, 0.29) is 24.7 Å². The summed E-state index contributed by atoms with van der Waals surface area (Å²) in [4.78, 5) is 15.2. The van der Waals surface area contributed by atoms with Crippen LogP contribution in [0.15, 0.2) is 18.2 Å². The molecule has 1 saturated carbocycles. The Balaban J connectivity index is 1.26. The Hall–Kier alpha value is -2.39. The third-order valence-corrected chi connectivity index (χ3v) is 6.67. The molecule has 148 valence electrons. The minimum Gasteiger partial charge on any atom is -0.488 e. The Morgan fingerprint density at radius 2 is 2.04 bits per heavy atom. The number of fused-ring (bicyclic) bond motifs is 2. The first kappa shape index (κ1) is 17.7. The molecule has 0 radical (unpaired) electrons. The number of likely N-dealkylation sites (tertiary alicyclic amines) is 1. The van der Waals surface area contributed by atoms with Gasteiger partial charge in [-0.15, -0.1) is 5.10 Å². The lowest BCUT2D eigenvalue weighted by Crippen LogP contribution is -2.42. The van der Waals surface area contributed by atoms with Gasteiger partial charge in [-0.05, 0) is 55.3 Å². The summed E-state index contributed by atoms with van der Waals surface area (Å²) < 4.78 is 20.7. The van der Waals surface area contributed by atoms with Crippen molar-refractivity contribution in [3.63, 3.8) is 0 Å². The maximum Gasteiger partial charge on any atom is 0.267 e. The molecule has 0 unspecified atom stereocenters. The molecule has 2 aliphatic heterocycles. The Kier molecular flexibility index (Phi) is 4.36. The molecule has 28 heavy (non-hydrogen) atoms. The number of hydrogen-bond acceptors (Lipinski definition) is 8. The van der Waals surface area contributed by atoms with E-state index in [0.717, 1.165) is 11.5 Å². The van der Waals surface area contributed by atoms with E-state index in [2.05, 4.69) is 9.59 Å². The molecule has 1 saturated heterocycles. The number of carbonyl (C=O) groups is 1. The summed E-state index contributed by atoms with van der Waals surface area (Å²) in [6, 6.07) is 5.44. The van der Waals surface area contributed by atoms with Gasteiger partial charge in [-0.3, -0.25) is 4.79 Å². The third-order valence-electron chi connectivity index (χ3n) is 5.85. The molecule has 8 nitrogen and oxygen atoms in total. The summed E-state index contributed by atoms with van der Waals surface area (Å²) in [5.41, 5.74) is 0.675. The average Bonchev–Trinajstić information content (AvgIpc) is 3.40. The molecule has 1 N–H and O–H groups in total. The number of ether oxygens (including phenoxy) is 3. The molecule has 5 rings (SSSR count). The number of benzene rings is 1. The monoisotopic (exact) mass is 403 g/mol. The van der Waals surface area contributed by atoms with Crippen LogP contribution >= 0.6 is 11.5 Å². The fraction of sp³-hybridized carbons (Fsp3) is 0.526. The minimum atomic E-state index is -0.562. The van der Waals surface area contributed by atoms with Gasteiger partial charge in [-0.1, -0.05) is 4.49 Å². The van der Waals surface area contributed by atoms with E-state index >= 15 is 0 Å². The third kappa shape index (κ3) is 3.08. The van der Waals surface area contributed by atoms with E-state index < -0.39 is 6.10 Å². The zero-order valence-electron chi connectivity index (χ0n) is 15.4. The van der Waals surface area contributed by atoms with Crippen LogP contribution in [-0.4, -0.2) is 57.6 Å². The van der Waals surface area contributed by atoms with Gasteiger partial charge in [0.25, 0.3) is 5.91 Å². The highest BCUT2D eigenvalue weighted by Gasteiger charge is 2.44. The summed E-state index contributed by atoms with van der Waals surface area (Å²) in [7, 11) is 0. The number of aromatic nitrogens is 2. The molecule has 1 aliphatic carbocycles. The SMILES string of the molecule is Cc1nnsc1C(=O)N1C[C@H]2C[C@@H](Oc3ccc4c(c3)OCO4)[C@H](O)C[C@H]2C1. The Bertz CT molecular complexity index is 903. The molecule has 3 aliphatic rings. The summed E-state index contributed by atoms with van der Waals surface area (Å²) >= 11 is 1.14. The smallest absolute Gasteiger partial charge is 0.267 e. The molecular formula is C19H21N3O5S. The molecule has 4 atom stereocenters. The maximum atomic E-state index is 12.8. The first-order chi connectivity index (χ1) is 13.6. The van der Waals surface area contributed by atoms with Crippen LogP contribution in [0.1, 0.15) is 28.2 Å². The minimum absolute atomic E-state index is 0.00960. The van der Waals surface area contributed by atoms with Crippen molar-refractivity contribution >= 4 is 17.4 Å². The quantitative estimate of drug-likeness (QED) is 0.836. The van der Waals surface area contributed by atoms with E-state index in [1.165, 1.54) is 0 Å². The number of aliphatic hydroxyl groups is 1. The van der Waals surface area contributed by atoms with Crippen molar-refractivity contribution < 1.29 is 24.1 Å². The lowest BCUT2D eigenvalue weighted by molar-refractivity contribution is -0.0232. The van der Waals surface area contributed by atoms with Crippen LogP contribution in [0.3, 0.4) is 0 Å². The lowest BCUT2D eigenvalue weighted by Gasteiger charge is -2.35. The van der Waals surface area contributed by atoms with Crippen molar-refractivity contribution in [2.75, 3.05) is 19.9 Å². The summed E-state index contributed by atoms with van der Waals surface area (Å²) in [6.45, 7) is 3.36. The highest BCUT2D eigenvalue weighted by Crippen LogP contribution is 2.40. The molecule has 2 aromatic rings. The van der Waals surface area contributed by atoms with Crippen LogP contribution in [-0.2, 0) is 0 Å². The molecule has 1 aromatic carbocycles. The van der Waals surface area contributed by atoms with Gasteiger partial charge in [0.15, 0.2) is 11.5 Å². The van der Waals surface area contributed by atoms with Crippen molar-refractivity contribution in [2.45, 2.75) is 32.0 Å². The van der Waals surface area contributed by atoms with Gasteiger partial charge in [-0.25, -0.2) is 0 Å². The van der Waals surface area contributed by atoms with Crippen LogP contribution < -0.4 is 14.2 Å². The fourth-order valence-electron chi connectivity index (χ4n) is 4.38. The topological polar surface area (TPSA) is 94.0 Å². The van der Waals surface area contributed by atoms with Crippen molar-refractivity contribution in [3.05, 3.63) is 28.8 Å². The Morgan fingerprint density at radius 1 is 1.25 bits per heavy atom. The second kappa shape index (κ2) is 6.89. The summed E-state index contributed by atoms with van der Waals surface area (Å²) in [5, 5.41) is 14.6. The van der Waals surface area contributed by atoms with E-state index in [4.69, 9.17) is 14.2 Å². The highest BCUT2D eigenvalue weighted by atomic mass is 32.1. The molecule has 1 amide bonds. The molecule has 1 aromatic heterocycles. The normalized spacial score (nSPS) is 28.3. The zero-order chi connectivity index (χ0) is 19.3. The number of aryl methyl sites for hydroxylation is 1. The maximum absolute atomic E-state index is 12.8. The highest BCUT2D eigenvalue weighted by molar-refractivity contribution is 7.07. The Labute approximate surface area is 166 Å². The van der Waals surface area contributed by atoms with Crippen LogP contribution in [0.4, 0.5) is 0 Å². The number of amides is 1. The number of nitrogens with zero attached hydrogens (tertiary/aromatic N) is 3. The number of carbonyl (C=O) groups excluding carboxylic acids is 1. The van der Waals surface area contributed by atoms with E-state index in [9.17, 15) is 9.90 Å². The van der Waals surface area contributed by atoms with Gasteiger partial charge >= 0.3 is 0 Å². The lowest BCUT2D eigenvalue weighted by atomic mass is 9.78. The largest absolute Gasteiger partial charge is 0.488 e. The van der Waals surface area contributed by atoms with E-state index in [0.29, 0.717) is 59.7 Å². The predicted octanol–water partition coefficient (Wildman–Crippen LogP) is 1.87. The van der Waals surface area contributed by atoms with Crippen LogP contribution in [0.25, 0.3) is 0 Å². The molecule has 9 heteroatoms. The Morgan fingerprint density at radius 3 is 2.82 bits per heavy atom. The van der Waals surface area contributed by atoms with Crippen molar-refractivity contribution in [3.8, 4) is 17.2 Å². The van der Waals surface area contributed by atoms with E-state index in [1.807, 2.05) is 17.0 Å². The summed E-state index contributed by atoms with van der Waals surface area (Å²) in [5.74, 6) is 2.61. The van der Waals surface area contributed by atoms with Gasteiger partial charge in [0.2, 0.25) is 6.79 Å². The summed E-state index contributed by atoms with van der Waals surface area (Å²) in [6.07, 6.45) is 0.477. The van der Waals surface area contributed by atoms with Crippen LogP contribution in [0, 0.1) is 18.8 Å². The number of rotatable bonds is 3. The standard InChI is InChI=1S/C19H21N3O5S/c1-10-18(28-21-20-10)19(24)22-7-11-4-14(23)16(5-12(11)8-22)27-13-2-3-15-17(6-13)26-9-25-15/h2-3,6,11-12,14,16,23H,4-5,7-9H2,1H3/t11-,12+,14+,16+/m0/s1. The first-order valence-corrected chi connectivity index (χ1v) is 10.2. The second-order valence-corrected chi connectivity index (χ2v) is 8.38. The molecule has 0 spiro atoms. The molecular weight excluding hydrogens is 382 g/mol.